The van der Waals surface area contributed by atoms with Gasteiger partial charge in [-0.2, -0.15) is 0 Å². The van der Waals surface area contributed by atoms with Gasteiger partial charge in [-0.1, -0.05) is 31.5 Å². The van der Waals surface area contributed by atoms with Crippen LogP contribution in [-0.4, -0.2) is 29.7 Å². The minimum absolute atomic E-state index is 0.00588. The number of nitrogens with one attached hydrogen (secondary N) is 2. The van der Waals surface area contributed by atoms with Crippen LogP contribution in [0.3, 0.4) is 0 Å². The lowest BCUT2D eigenvalue weighted by atomic mass is 10.1. The summed E-state index contributed by atoms with van der Waals surface area (Å²) in [7, 11) is 0. The lowest BCUT2D eigenvalue weighted by molar-refractivity contribution is -0.118. The molecule has 1 aliphatic heterocycles. The summed E-state index contributed by atoms with van der Waals surface area (Å²) in [6.45, 7) is 2.51. The second-order valence-electron chi connectivity index (χ2n) is 5.09. The molecule has 104 valence electrons. The summed E-state index contributed by atoms with van der Waals surface area (Å²) < 4.78 is 0. The molecule has 2 unspecified atom stereocenters. The lowest BCUT2D eigenvalue weighted by Crippen LogP contribution is -2.43. The van der Waals surface area contributed by atoms with E-state index in [1.165, 1.54) is 5.56 Å². The molecule has 4 heteroatoms. The van der Waals surface area contributed by atoms with Crippen LogP contribution in [-0.2, 0) is 11.2 Å². The minimum Gasteiger partial charge on any atom is -0.392 e. The zero-order chi connectivity index (χ0) is 13.7. The number of fused-ring (bicyclic) bond motifs is 1. The molecule has 0 aromatic heterocycles. The van der Waals surface area contributed by atoms with Crippen LogP contribution in [0.4, 0.5) is 5.69 Å². The number of carbonyl (C=O) groups excluding carboxylic acids is 1. The van der Waals surface area contributed by atoms with Gasteiger partial charge in [-0.25, -0.2) is 0 Å². The molecule has 0 bridgehead atoms. The predicted molar refractivity (Wildman–Crippen MR) is 76.1 cm³/mol. The molecule has 2 rings (SSSR count). The van der Waals surface area contributed by atoms with E-state index in [-0.39, 0.29) is 18.1 Å². The second kappa shape index (κ2) is 6.68. The number of carbonyl (C=O) groups is 1. The molecule has 1 amide bonds. The van der Waals surface area contributed by atoms with Gasteiger partial charge in [0.2, 0.25) is 5.91 Å². The van der Waals surface area contributed by atoms with Crippen molar-refractivity contribution >= 4 is 11.6 Å². The third kappa shape index (κ3) is 3.78. The van der Waals surface area contributed by atoms with Crippen LogP contribution in [0, 0.1) is 0 Å². The van der Waals surface area contributed by atoms with Gasteiger partial charge in [-0.05, 0) is 30.9 Å². The Morgan fingerprint density at radius 3 is 3.05 bits per heavy atom. The van der Waals surface area contributed by atoms with E-state index in [4.69, 9.17) is 0 Å². The molecule has 0 radical (unpaired) electrons. The van der Waals surface area contributed by atoms with Crippen molar-refractivity contribution in [3.8, 4) is 0 Å². The number of hydrogen-bond donors (Lipinski definition) is 3. The van der Waals surface area contributed by atoms with Gasteiger partial charge in [0, 0.05) is 12.2 Å². The highest BCUT2D eigenvalue weighted by molar-refractivity contribution is 5.96. The maximum absolute atomic E-state index is 12.1. The average molecular weight is 262 g/mol. The molecular weight excluding hydrogens is 240 g/mol. The van der Waals surface area contributed by atoms with E-state index in [9.17, 15) is 9.90 Å². The van der Waals surface area contributed by atoms with E-state index in [0.717, 1.165) is 31.4 Å². The normalized spacial score (nSPS) is 20.3. The Kier molecular flexibility index (Phi) is 4.93. The smallest absolute Gasteiger partial charge is 0.241 e. The molecule has 1 aromatic carbocycles. The van der Waals surface area contributed by atoms with E-state index in [0.29, 0.717) is 6.54 Å². The molecule has 3 N–H and O–H groups in total. The lowest BCUT2D eigenvalue weighted by Gasteiger charge is -2.17. The largest absolute Gasteiger partial charge is 0.392 e. The Morgan fingerprint density at radius 2 is 2.26 bits per heavy atom. The molecule has 1 aliphatic rings. The number of benzene rings is 1. The van der Waals surface area contributed by atoms with E-state index < -0.39 is 0 Å². The highest BCUT2D eigenvalue weighted by Gasteiger charge is 2.23. The fourth-order valence-corrected chi connectivity index (χ4v) is 2.42. The van der Waals surface area contributed by atoms with Gasteiger partial charge in [0.25, 0.3) is 0 Å². The fraction of sp³-hybridized carbons (Fsp3) is 0.533. The average Bonchev–Trinajstić information content (AvgIpc) is 2.55. The molecule has 0 spiro atoms. The summed E-state index contributed by atoms with van der Waals surface area (Å²) in [5.74, 6) is -0.00588. The number of amides is 1. The number of aliphatic hydroxyl groups excluding tert-OH is 1. The van der Waals surface area contributed by atoms with Crippen molar-refractivity contribution in [2.24, 2.45) is 0 Å². The van der Waals surface area contributed by atoms with Crippen LogP contribution in [0.1, 0.15) is 31.7 Å². The summed E-state index contributed by atoms with van der Waals surface area (Å²) >= 11 is 0. The molecule has 0 saturated heterocycles. The maximum atomic E-state index is 12.1. The van der Waals surface area contributed by atoms with E-state index in [2.05, 4.69) is 10.6 Å². The van der Waals surface area contributed by atoms with Crippen molar-refractivity contribution in [1.29, 1.82) is 0 Å². The summed E-state index contributed by atoms with van der Waals surface area (Å²) in [5.41, 5.74) is 2.08. The quantitative estimate of drug-likeness (QED) is 0.757. The Bertz CT molecular complexity index is 434. The Labute approximate surface area is 114 Å². The highest BCUT2D eigenvalue weighted by Crippen LogP contribution is 2.21. The number of aliphatic hydroxyl groups is 1. The van der Waals surface area contributed by atoms with Gasteiger partial charge in [0.1, 0.15) is 0 Å². The van der Waals surface area contributed by atoms with E-state index in [1.807, 2.05) is 31.2 Å². The van der Waals surface area contributed by atoms with Crippen molar-refractivity contribution in [3.05, 3.63) is 29.8 Å². The Hall–Kier alpha value is -1.39. The molecule has 0 aliphatic carbocycles. The Balaban J connectivity index is 1.93. The summed E-state index contributed by atoms with van der Waals surface area (Å²) in [4.78, 5) is 12.1. The van der Waals surface area contributed by atoms with Crippen LogP contribution >= 0.6 is 0 Å². The first-order valence-corrected chi connectivity index (χ1v) is 7.01. The van der Waals surface area contributed by atoms with Gasteiger partial charge in [-0.3, -0.25) is 4.79 Å². The van der Waals surface area contributed by atoms with Gasteiger partial charge in [-0.15, -0.1) is 0 Å². The van der Waals surface area contributed by atoms with Crippen LogP contribution in [0.25, 0.3) is 0 Å². The van der Waals surface area contributed by atoms with Crippen molar-refractivity contribution < 1.29 is 9.90 Å². The monoisotopic (exact) mass is 262 g/mol. The topological polar surface area (TPSA) is 61.4 Å². The first-order chi connectivity index (χ1) is 9.20. The molecule has 2 atom stereocenters. The van der Waals surface area contributed by atoms with Crippen molar-refractivity contribution in [2.75, 3.05) is 11.9 Å². The second-order valence-corrected chi connectivity index (χ2v) is 5.09. The predicted octanol–water partition coefficient (Wildman–Crippen LogP) is 1.69. The first-order valence-electron chi connectivity index (χ1n) is 7.01. The number of anilines is 1. The molecule has 19 heavy (non-hydrogen) atoms. The number of para-hydroxylation sites is 1. The van der Waals surface area contributed by atoms with Gasteiger partial charge < -0.3 is 15.7 Å². The van der Waals surface area contributed by atoms with Crippen molar-refractivity contribution in [3.63, 3.8) is 0 Å². The number of rotatable bonds is 5. The zero-order valence-electron chi connectivity index (χ0n) is 11.4. The van der Waals surface area contributed by atoms with E-state index >= 15 is 0 Å². The number of hydrogen-bond acceptors (Lipinski definition) is 3. The summed E-state index contributed by atoms with van der Waals surface area (Å²) in [6.07, 6.45) is 2.98. The number of aryl methyl sites for hydroxylation is 1. The highest BCUT2D eigenvalue weighted by atomic mass is 16.3. The fourth-order valence-electron chi connectivity index (χ4n) is 2.42. The van der Waals surface area contributed by atoms with Crippen LogP contribution < -0.4 is 10.6 Å². The molecular formula is C15H22N2O2. The van der Waals surface area contributed by atoms with Gasteiger partial charge >= 0.3 is 0 Å². The van der Waals surface area contributed by atoms with Crippen LogP contribution in [0.15, 0.2) is 24.3 Å². The van der Waals surface area contributed by atoms with Gasteiger partial charge in [0.15, 0.2) is 0 Å². The zero-order valence-corrected chi connectivity index (χ0v) is 11.4. The first kappa shape index (κ1) is 14.0. The standard InChI is InChI=1S/C15H22N2O2/c1-2-5-12(18)10-16-14-9-8-11-6-3-4-7-13(11)17-15(14)19/h3-4,6-7,12,14,16,18H,2,5,8-10H2,1H3,(H,17,19). The molecule has 1 heterocycles. The molecule has 0 fully saturated rings. The van der Waals surface area contributed by atoms with E-state index in [1.54, 1.807) is 0 Å². The van der Waals surface area contributed by atoms with Crippen LogP contribution in [0.5, 0.6) is 0 Å². The van der Waals surface area contributed by atoms with Crippen molar-refractivity contribution in [1.82, 2.24) is 5.32 Å². The third-order valence-electron chi connectivity index (χ3n) is 3.52. The summed E-state index contributed by atoms with van der Waals surface area (Å²) in [5, 5.41) is 15.8. The molecule has 4 nitrogen and oxygen atoms in total. The third-order valence-corrected chi connectivity index (χ3v) is 3.52. The maximum Gasteiger partial charge on any atom is 0.241 e. The van der Waals surface area contributed by atoms with Gasteiger partial charge in [0.05, 0.1) is 12.1 Å². The van der Waals surface area contributed by atoms with Crippen LogP contribution in [0.2, 0.25) is 0 Å². The minimum atomic E-state index is -0.372. The SMILES string of the molecule is CCCC(O)CNC1CCc2ccccc2NC1=O. The summed E-state index contributed by atoms with van der Waals surface area (Å²) in [6, 6.07) is 7.67. The Morgan fingerprint density at radius 1 is 1.47 bits per heavy atom. The molecule has 0 saturated carbocycles. The molecule has 1 aromatic rings. The van der Waals surface area contributed by atoms with Crippen molar-refractivity contribution in [2.45, 2.75) is 44.8 Å².